The summed E-state index contributed by atoms with van der Waals surface area (Å²) in [7, 11) is 0. The number of ketones is 1. The van der Waals surface area contributed by atoms with E-state index in [9.17, 15) is 14.7 Å². The first-order valence-corrected chi connectivity index (χ1v) is 13.1. The summed E-state index contributed by atoms with van der Waals surface area (Å²) in [5, 5.41) is 13.5. The van der Waals surface area contributed by atoms with Gasteiger partial charge in [0.15, 0.2) is 5.13 Å². The molecule has 1 fully saturated rings. The van der Waals surface area contributed by atoms with Crippen LogP contribution in [0.5, 0.6) is 11.5 Å². The summed E-state index contributed by atoms with van der Waals surface area (Å²) >= 11 is 1.26. The van der Waals surface area contributed by atoms with E-state index < -0.39 is 17.7 Å². The molecule has 3 aromatic carbocycles. The van der Waals surface area contributed by atoms with E-state index in [0.717, 1.165) is 16.9 Å². The number of nitrogens with zero attached hydrogens (tertiary/aromatic N) is 2. The third-order valence-electron chi connectivity index (χ3n) is 6.68. The van der Waals surface area contributed by atoms with Gasteiger partial charge in [0.25, 0.3) is 5.78 Å². The van der Waals surface area contributed by atoms with Crippen LogP contribution in [-0.2, 0) is 22.6 Å². The highest BCUT2D eigenvalue weighted by atomic mass is 32.1. The Kier molecular flexibility index (Phi) is 6.17. The quantitative estimate of drug-likeness (QED) is 0.199. The Morgan fingerprint density at radius 3 is 2.63 bits per heavy atom. The third-order valence-corrected chi connectivity index (χ3v) is 7.45. The highest BCUT2D eigenvalue weighted by molar-refractivity contribution is 7.14. The molecule has 1 N–H and O–H groups in total. The first-order valence-electron chi connectivity index (χ1n) is 12.3. The molecule has 1 aromatic heterocycles. The topological polar surface area (TPSA) is 89.0 Å². The molecule has 0 spiro atoms. The van der Waals surface area contributed by atoms with Crippen LogP contribution >= 0.6 is 11.3 Å². The van der Waals surface area contributed by atoms with E-state index in [1.54, 1.807) is 35.8 Å². The molecule has 2 aliphatic rings. The van der Waals surface area contributed by atoms with Crippen molar-refractivity contribution < 1.29 is 24.2 Å². The fraction of sp³-hybridized carbons (Fsp3) is 0.167. The zero-order valence-electron chi connectivity index (χ0n) is 20.5. The number of fused-ring (bicyclic) bond motifs is 1. The van der Waals surface area contributed by atoms with Gasteiger partial charge in [-0.2, -0.15) is 0 Å². The molecule has 2 aliphatic heterocycles. The molecule has 0 unspecified atom stereocenters. The van der Waals surface area contributed by atoms with E-state index in [-0.39, 0.29) is 17.4 Å². The lowest BCUT2D eigenvalue weighted by Gasteiger charge is -2.23. The molecular weight excluding hydrogens is 500 g/mol. The molecule has 0 radical (unpaired) electrons. The number of amides is 1. The minimum Gasteiger partial charge on any atom is -0.507 e. The summed E-state index contributed by atoms with van der Waals surface area (Å²) in [6.07, 6.45) is 2.33. The van der Waals surface area contributed by atoms with Gasteiger partial charge in [-0.3, -0.25) is 14.5 Å². The number of hydrogen-bond donors (Lipinski definition) is 1. The molecule has 0 saturated carbocycles. The van der Waals surface area contributed by atoms with Crippen LogP contribution in [0.15, 0.2) is 89.9 Å². The van der Waals surface area contributed by atoms with E-state index in [4.69, 9.17) is 9.47 Å². The Morgan fingerprint density at radius 2 is 1.89 bits per heavy atom. The number of aliphatic hydroxyl groups is 1. The Bertz CT molecular complexity index is 1530. The minimum atomic E-state index is -0.840. The predicted octanol–water partition coefficient (Wildman–Crippen LogP) is 5.67. The number of ether oxygens (including phenoxy) is 2. The zero-order valence-corrected chi connectivity index (χ0v) is 21.4. The summed E-state index contributed by atoms with van der Waals surface area (Å²) in [6, 6.07) is 21.5. The highest BCUT2D eigenvalue weighted by Crippen LogP contribution is 2.43. The first kappa shape index (κ1) is 23.9. The average molecular weight is 525 g/mol. The van der Waals surface area contributed by atoms with E-state index in [2.05, 4.69) is 4.98 Å². The number of benzene rings is 3. The highest BCUT2D eigenvalue weighted by Gasteiger charge is 2.48. The summed E-state index contributed by atoms with van der Waals surface area (Å²) in [5.41, 5.74) is 3.14. The summed E-state index contributed by atoms with van der Waals surface area (Å²) < 4.78 is 11.7. The number of carbonyl (C=O) groups is 2. The Hall–Kier alpha value is -4.43. The van der Waals surface area contributed by atoms with Gasteiger partial charge in [0.2, 0.25) is 0 Å². The predicted molar refractivity (Wildman–Crippen MR) is 144 cm³/mol. The lowest BCUT2D eigenvalue weighted by molar-refractivity contribution is -0.132. The number of carbonyl (C=O) groups excluding carboxylic acids is 2. The second kappa shape index (κ2) is 9.79. The second-order valence-corrected chi connectivity index (χ2v) is 10.2. The van der Waals surface area contributed by atoms with Gasteiger partial charge in [0.05, 0.1) is 11.6 Å². The maximum atomic E-state index is 13.3. The van der Waals surface area contributed by atoms with Crippen molar-refractivity contribution in [1.29, 1.82) is 0 Å². The van der Waals surface area contributed by atoms with Crippen molar-refractivity contribution >= 4 is 33.9 Å². The molecule has 2 atom stereocenters. The molecule has 190 valence electrons. The van der Waals surface area contributed by atoms with Gasteiger partial charge >= 0.3 is 5.91 Å². The maximum absolute atomic E-state index is 13.3. The fourth-order valence-corrected chi connectivity index (χ4v) is 5.56. The van der Waals surface area contributed by atoms with Crippen LogP contribution in [0.25, 0.3) is 5.76 Å². The minimum absolute atomic E-state index is 0.0232. The van der Waals surface area contributed by atoms with Gasteiger partial charge in [-0.15, -0.1) is 11.3 Å². The van der Waals surface area contributed by atoms with Gasteiger partial charge in [0.1, 0.15) is 30.0 Å². The van der Waals surface area contributed by atoms with Crippen molar-refractivity contribution in [3.8, 4) is 11.5 Å². The van der Waals surface area contributed by atoms with Crippen LogP contribution in [0.4, 0.5) is 5.13 Å². The second-order valence-electron chi connectivity index (χ2n) is 9.28. The van der Waals surface area contributed by atoms with E-state index in [1.165, 1.54) is 16.2 Å². The fourth-order valence-electron chi connectivity index (χ4n) is 4.89. The standard InChI is InChI=1S/C30H24N2O5S/c1-18-15-22-16-21(9-12-24(22)37-18)27(33)25-26(32(29(35)28(25)34)30-31-13-14-38-30)20-7-10-23(11-8-20)36-17-19-5-3-2-4-6-19/h2-14,16,18,26,33H,15,17H2,1H3/b27-25+/t18-,26+/m1/s1. The lowest BCUT2D eigenvalue weighted by atomic mass is 9.94. The zero-order chi connectivity index (χ0) is 26.2. The molecule has 6 rings (SSSR count). The summed E-state index contributed by atoms with van der Waals surface area (Å²) in [5.74, 6) is -0.290. The average Bonchev–Trinajstić information content (AvgIpc) is 3.65. The van der Waals surface area contributed by atoms with Crippen LogP contribution in [0.2, 0.25) is 0 Å². The normalized spacial score (nSPS) is 19.9. The molecular formula is C30H24N2O5S. The van der Waals surface area contributed by atoms with Gasteiger partial charge in [-0.1, -0.05) is 42.5 Å². The van der Waals surface area contributed by atoms with E-state index in [0.29, 0.717) is 35.0 Å². The van der Waals surface area contributed by atoms with Crippen molar-refractivity contribution in [3.63, 3.8) is 0 Å². The number of aromatic nitrogens is 1. The van der Waals surface area contributed by atoms with Crippen molar-refractivity contribution in [2.75, 3.05) is 4.90 Å². The number of rotatable bonds is 6. The largest absolute Gasteiger partial charge is 0.507 e. The maximum Gasteiger partial charge on any atom is 0.301 e. The van der Waals surface area contributed by atoms with Gasteiger partial charge < -0.3 is 14.6 Å². The molecule has 3 heterocycles. The van der Waals surface area contributed by atoms with Crippen LogP contribution in [0, 0.1) is 0 Å². The number of aliphatic hydroxyl groups excluding tert-OH is 1. The molecule has 1 saturated heterocycles. The number of thiazole rings is 1. The van der Waals surface area contributed by atoms with Crippen molar-refractivity contribution in [2.24, 2.45) is 0 Å². The first-order chi connectivity index (χ1) is 18.5. The van der Waals surface area contributed by atoms with Gasteiger partial charge in [-0.05, 0) is 53.9 Å². The molecule has 8 heteroatoms. The number of Topliss-reactive ketones (excluding diaryl/α,β-unsaturated/α-hetero) is 1. The van der Waals surface area contributed by atoms with Gasteiger partial charge in [0, 0.05) is 23.6 Å². The van der Waals surface area contributed by atoms with Crippen molar-refractivity contribution in [1.82, 2.24) is 4.98 Å². The van der Waals surface area contributed by atoms with Crippen LogP contribution in [0.3, 0.4) is 0 Å². The Balaban J connectivity index is 1.38. The van der Waals surface area contributed by atoms with Crippen LogP contribution < -0.4 is 14.4 Å². The Morgan fingerprint density at radius 1 is 1.11 bits per heavy atom. The van der Waals surface area contributed by atoms with Crippen LogP contribution in [0.1, 0.15) is 35.2 Å². The molecule has 1 amide bonds. The SMILES string of the molecule is C[C@@H]1Cc2cc(/C(O)=C3\C(=O)C(=O)N(c4nccs4)[C@H]3c3ccc(OCc4ccccc4)cc3)ccc2O1. The monoisotopic (exact) mass is 524 g/mol. The van der Waals surface area contributed by atoms with Crippen molar-refractivity contribution in [3.05, 3.63) is 112 Å². The summed E-state index contributed by atoms with van der Waals surface area (Å²) in [4.78, 5) is 32.2. The lowest BCUT2D eigenvalue weighted by Crippen LogP contribution is -2.29. The molecule has 0 bridgehead atoms. The van der Waals surface area contributed by atoms with Gasteiger partial charge in [-0.25, -0.2) is 4.98 Å². The number of anilines is 1. The Labute approximate surface area is 223 Å². The number of hydrogen-bond acceptors (Lipinski definition) is 7. The molecule has 38 heavy (non-hydrogen) atoms. The molecule has 7 nitrogen and oxygen atoms in total. The van der Waals surface area contributed by atoms with Crippen LogP contribution in [-0.4, -0.2) is 27.9 Å². The van der Waals surface area contributed by atoms with Crippen molar-refractivity contribution in [2.45, 2.75) is 32.1 Å². The molecule has 0 aliphatic carbocycles. The smallest absolute Gasteiger partial charge is 0.301 e. The summed E-state index contributed by atoms with van der Waals surface area (Å²) in [6.45, 7) is 2.39. The van der Waals surface area contributed by atoms with E-state index in [1.807, 2.05) is 55.5 Å². The molecule has 4 aromatic rings. The third kappa shape index (κ3) is 4.33. The van der Waals surface area contributed by atoms with E-state index >= 15 is 0 Å².